The van der Waals surface area contributed by atoms with Gasteiger partial charge in [0.15, 0.2) is 6.29 Å². The van der Waals surface area contributed by atoms with Crippen molar-refractivity contribution in [3.63, 3.8) is 0 Å². The van der Waals surface area contributed by atoms with Crippen LogP contribution in [0, 0.1) is 0 Å². The SMILES string of the molecule is Cl.O=Cc1nsc2ccccc12. The molecule has 0 bridgehead atoms. The summed E-state index contributed by atoms with van der Waals surface area (Å²) in [4.78, 5) is 10.4. The van der Waals surface area contributed by atoms with Crippen LogP contribution >= 0.6 is 23.9 Å². The minimum Gasteiger partial charge on any atom is -0.296 e. The van der Waals surface area contributed by atoms with E-state index >= 15 is 0 Å². The Morgan fingerprint density at radius 3 is 2.83 bits per heavy atom. The van der Waals surface area contributed by atoms with Crippen molar-refractivity contribution in [3.8, 4) is 0 Å². The van der Waals surface area contributed by atoms with Gasteiger partial charge in [0.2, 0.25) is 0 Å². The van der Waals surface area contributed by atoms with Crippen molar-refractivity contribution in [2.75, 3.05) is 0 Å². The normalized spacial score (nSPS) is 9.33. The van der Waals surface area contributed by atoms with Gasteiger partial charge < -0.3 is 0 Å². The molecule has 0 fully saturated rings. The van der Waals surface area contributed by atoms with Gasteiger partial charge in [-0.05, 0) is 17.6 Å². The van der Waals surface area contributed by atoms with Gasteiger partial charge in [-0.3, -0.25) is 4.79 Å². The summed E-state index contributed by atoms with van der Waals surface area (Å²) in [6, 6.07) is 7.71. The number of rotatable bonds is 1. The van der Waals surface area contributed by atoms with Crippen molar-refractivity contribution in [1.82, 2.24) is 4.37 Å². The van der Waals surface area contributed by atoms with E-state index in [-0.39, 0.29) is 12.4 Å². The molecular weight excluding hydrogens is 194 g/mol. The Morgan fingerprint density at radius 1 is 1.33 bits per heavy atom. The summed E-state index contributed by atoms with van der Waals surface area (Å²) in [6.45, 7) is 0. The molecule has 0 saturated heterocycles. The number of aldehydes is 1. The molecule has 12 heavy (non-hydrogen) atoms. The molecule has 62 valence electrons. The van der Waals surface area contributed by atoms with Crippen molar-refractivity contribution in [3.05, 3.63) is 30.0 Å². The van der Waals surface area contributed by atoms with Gasteiger partial charge in [0.1, 0.15) is 5.69 Å². The summed E-state index contributed by atoms with van der Waals surface area (Å²) in [7, 11) is 0. The Morgan fingerprint density at radius 2 is 2.08 bits per heavy atom. The lowest BCUT2D eigenvalue weighted by Crippen LogP contribution is -1.76. The van der Waals surface area contributed by atoms with Crippen molar-refractivity contribution in [2.45, 2.75) is 0 Å². The molecule has 1 aromatic heterocycles. The van der Waals surface area contributed by atoms with E-state index in [1.165, 1.54) is 11.5 Å². The number of nitrogens with zero attached hydrogens (tertiary/aromatic N) is 1. The van der Waals surface area contributed by atoms with Crippen LogP contribution < -0.4 is 0 Å². The Hall–Kier alpha value is -0.930. The number of carbonyl (C=O) groups excluding carboxylic acids is 1. The standard InChI is InChI=1S/C8H5NOS.ClH/c10-5-7-6-3-1-2-4-8(6)11-9-7;/h1-5H;1H. The largest absolute Gasteiger partial charge is 0.296 e. The van der Waals surface area contributed by atoms with Gasteiger partial charge in [-0.1, -0.05) is 18.2 Å². The molecule has 0 radical (unpaired) electrons. The lowest BCUT2D eigenvalue weighted by Gasteiger charge is -1.84. The fraction of sp³-hybridized carbons (Fsp3) is 0. The van der Waals surface area contributed by atoms with Crippen LogP contribution in [0.5, 0.6) is 0 Å². The highest BCUT2D eigenvalue weighted by molar-refractivity contribution is 7.13. The first-order valence-electron chi connectivity index (χ1n) is 3.21. The minimum atomic E-state index is 0. The number of aromatic nitrogens is 1. The topological polar surface area (TPSA) is 30.0 Å². The maximum atomic E-state index is 10.4. The molecule has 2 nitrogen and oxygen atoms in total. The van der Waals surface area contributed by atoms with Gasteiger partial charge in [0, 0.05) is 5.39 Å². The van der Waals surface area contributed by atoms with Crippen LogP contribution in [0.2, 0.25) is 0 Å². The zero-order chi connectivity index (χ0) is 7.68. The zero-order valence-electron chi connectivity index (χ0n) is 6.06. The predicted molar refractivity (Wildman–Crippen MR) is 52.3 cm³/mol. The maximum absolute atomic E-state index is 10.4. The third kappa shape index (κ3) is 1.33. The molecule has 4 heteroatoms. The van der Waals surface area contributed by atoms with Crippen LogP contribution in [0.15, 0.2) is 24.3 Å². The first-order valence-corrected chi connectivity index (χ1v) is 3.99. The van der Waals surface area contributed by atoms with Gasteiger partial charge in [0.25, 0.3) is 0 Å². The molecular formula is C8H6ClNOS. The van der Waals surface area contributed by atoms with Crippen molar-refractivity contribution < 1.29 is 4.79 Å². The van der Waals surface area contributed by atoms with Gasteiger partial charge in [-0.15, -0.1) is 12.4 Å². The number of carbonyl (C=O) groups is 1. The second-order valence-corrected chi connectivity index (χ2v) is 2.99. The lowest BCUT2D eigenvalue weighted by atomic mass is 10.2. The second-order valence-electron chi connectivity index (χ2n) is 2.18. The van der Waals surface area contributed by atoms with Crippen LogP contribution in [0.4, 0.5) is 0 Å². The Bertz CT molecular complexity index is 399. The molecule has 0 saturated carbocycles. The Labute approximate surface area is 79.8 Å². The van der Waals surface area contributed by atoms with E-state index in [0.717, 1.165) is 16.4 Å². The molecule has 2 rings (SSSR count). The summed E-state index contributed by atoms with van der Waals surface area (Å²) in [5.74, 6) is 0. The summed E-state index contributed by atoms with van der Waals surface area (Å²) in [5.41, 5.74) is 0.547. The van der Waals surface area contributed by atoms with Crippen molar-refractivity contribution in [2.24, 2.45) is 0 Å². The van der Waals surface area contributed by atoms with E-state index in [4.69, 9.17) is 0 Å². The molecule has 0 amide bonds. The number of fused-ring (bicyclic) bond motifs is 1. The van der Waals surface area contributed by atoms with E-state index < -0.39 is 0 Å². The molecule has 0 aliphatic carbocycles. The lowest BCUT2D eigenvalue weighted by molar-refractivity contribution is 0.112. The van der Waals surface area contributed by atoms with Crippen LogP contribution in [0.1, 0.15) is 10.5 Å². The first kappa shape index (κ1) is 9.16. The molecule has 0 aliphatic rings. The Balaban J connectivity index is 0.000000720. The molecule has 1 heterocycles. The average Bonchev–Trinajstić information content (AvgIpc) is 2.47. The fourth-order valence-electron chi connectivity index (χ4n) is 0.990. The van der Waals surface area contributed by atoms with E-state index in [1.807, 2.05) is 24.3 Å². The highest BCUT2D eigenvalue weighted by atomic mass is 35.5. The summed E-state index contributed by atoms with van der Waals surface area (Å²) < 4.78 is 5.05. The number of benzene rings is 1. The monoisotopic (exact) mass is 199 g/mol. The van der Waals surface area contributed by atoms with Crippen molar-refractivity contribution in [1.29, 1.82) is 0 Å². The average molecular weight is 200 g/mol. The molecule has 0 unspecified atom stereocenters. The smallest absolute Gasteiger partial charge is 0.170 e. The molecule has 1 aromatic carbocycles. The second kappa shape index (κ2) is 3.65. The first-order chi connectivity index (χ1) is 5.42. The summed E-state index contributed by atoms with van der Waals surface area (Å²) >= 11 is 1.36. The molecule has 0 N–H and O–H groups in total. The van der Waals surface area contributed by atoms with Gasteiger partial charge >= 0.3 is 0 Å². The van der Waals surface area contributed by atoms with Crippen LogP contribution in [-0.2, 0) is 0 Å². The van der Waals surface area contributed by atoms with Crippen LogP contribution in [0.25, 0.3) is 10.1 Å². The number of hydrogen-bond donors (Lipinski definition) is 0. The van der Waals surface area contributed by atoms with Gasteiger partial charge in [-0.2, -0.15) is 4.37 Å². The van der Waals surface area contributed by atoms with E-state index in [2.05, 4.69) is 4.37 Å². The predicted octanol–water partition coefficient (Wildman–Crippen LogP) is 2.53. The summed E-state index contributed by atoms with van der Waals surface area (Å²) in [5, 5.41) is 0.951. The summed E-state index contributed by atoms with van der Waals surface area (Å²) in [6.07, 6.45) is 0.791. The maximum Gasteiger partial charge on any atom is 0.170 e. The highest BCUT2D eigenvalue weighted by Crippen LogP contribution is 2.20. The number of hydrogen-bond acceptors (Lipinski definition) is 3. The van der Waals surface area contributed by atoms with Crippen LogP contribution in [0.3, 0.4) is 0 Å². The quantitative estimate of drug-likeness (QED) is 0.661. The fourth-order valence-corrected chi connectivity index (χ4v) is 1.74. The van der Waals surface area contributed by atoms with E-state index in [0.29, 0.717) is 5.69 Å². The molecule has 0 spiro atoms. The van der Waals surface area contributed by atoms with Gasteiger partial charge in [-0.25, -0.2) is 0 Å². The van der Waals surface area contributed by atoms with E-state index in [1.54, 1.807) is 0 Å². The third-order valence-electron chi connectivity index (χ3n) is 1.52. The Kier molecular flexibility index (Phi) is 2.78. The molecule has 0 atom stereocenters. The highest BCUT2D eigenvalue weighted by Gasteiger charge is 2.01. The molecule has 0 aliphatic heterocycles. The van der Waals surface area contributed by atoms with Gasteiger partial charge in [0.05, 0.1) is 4.70 Å². The van der Waals surface area contributed by atoms with Crippen molar-refractivity contribution >= 4 is 40.3 Å². The minimum absolute atomic E-state index is 0. The van der Waals surface area contributed by atoms with E-state index in [9.17, 15) is 4.79 Å². The third-order valence-corrected chi connectivity index (χ3v) is 2.36. The zero-order valence-corrected chi connectivity index (χ0v) is 7.69. The number of halogens is 1. The van der Waals surface area contributed by atoms with Crippen LogP contribution in [-0.4, -0.2) is 10.7 Å². The molecule has 2 aromatic rings.